The van der Waals surface area contributed by atoms with Crippen LogP contribution in [0, 0.1) is 13.8 Å². The molecule has 0 aromatic heterocycles. The first-order valence-electron chi connectivity index (χ1n) is 14.5. The van der Waals surface area contributed by atoms with Gasteiger partial charge in [0.05, 0.1) is 17.7 Å². The van der Waals surface area contributed by atoms with E-state index in [0.29, 0.717) is 11.4 Å². The van der Waals surface area contributed by atoms with Crippen LogP contribution >= 0.6 is 0 Å². The second-order valence-electron chi connectivity index (χ2n) is 11.0. The third kappa shape index (κ3) is 7.50. The Kier molecular flexibility index (Phi) is 10.3. The van der Waals surface area contributed by atoms with Crippen LogP contribution in [0.2, 0.25) is 0 Å². The van der Waals surface area contributed by atoms with E-state index in [-0.39, 0.29) is 23.4 Å². The quantitative estimate of drug-likeness (QED) is 0.323. The van der Waals surface area contributed by atoms with Gasteiger partial charge in [0.2, 0.25) is 11.8 Å². The van der Waals surface area contributed by atoms with E-state index >= 15 is 0 Å². The standard InChI is InChI=1S/C33H41N3O5S/c1-24-14-20-31(21-15-24)42(39,40)36(29-16-18-30(41-4)19-17-29)23-32(37)35(22-27-11-9-8-10-25(27)2)26(3)33(38)34-28-12-6-5-7-13-28/h8-11,14-21,26,28H,5-7,12-13,22-23H2,1-4H3,(H,34,38)/t26-/m1/s1. The number of anilines is 1. The number of methoxy groups -OCH3 is 1. The molecule has 42 heavy (non-hydrogen) atoms. The molecule has 0 unspecified atom stereocenters. The van der Waals surface area contributed by atoms with Gasteiger partial charge in [0.15, 0.2) is 0 Å². The minimum atomic E-state index is -4.12. The molecular formula is C33H41N3O5S. The average molecular weight is 592 g/mol. The van der Waals surface area contributed by atoms with Crippen molar-refractivity contribution < 1.29 is 22.7 Å². The number of aryl methyl sites for hydroxylation is 2. The summed E-state index contributed by atoms with van der Waals surface area (Å²) < 4.78 is 34.3. The average Bonchev–Trinajstić information content (AvgIpc) is 2.99. The zero-order chi connectivity index (χ0) is 30.3. The fraction of sp³-hybridized carbons (Fsp3) is 0.394. The van der Waals surface area contributed by atoms with Crippen molar-refractivity contribution in [3.63, 3.8) is 0 Å². The number of hydrogen-bond acceptors (Lipinski definition) is 5. The Morgan fingerprint density at radius 1 is 0.929 bits per heavy atom. The number of benzene rings is 3. The van der Waals surface area contributed by atoms with Crippen molar-refractivity contribution in [1.82, 2.24) is 10.2 Å². The largest absolute Gasteiger partial charge is 0.497 e. The molecule has 8 nitrogen and oxygen atoms in total. The molecule has 2 amide bonds. The Hall–Kier alpha value is -3.85. The van der Waals surface area contributed by atoms with E-state index in [2.05, 4.69) is 5.32 Å². The number of carbonyl (C=O) groups excluding carboxylic acids is 2. The highest BCUT2D eigenvalue weighted by Crippen LogP contribution is 2.27. The summed E-state index contributed by atoms with van der Waals surface area (Å²) in [6.07, 6.45) is 5.14. The summed E-state index contributed by atoms with van der Waals surface area (Å²) in [5.41, 5.74) is 3.11. The highest BCUT2D eigenvalue weighted by molar-refractivity contribution is 7.92. The van der Waals surface area contributed by atoms with Crippen LogP contribution in [0.3, 0.4) is 0 Å². The molecule has 1 aliphatic rings. The molecule has 1 N–H and O–H groups in total. The highest BCUT2D eigenvalue weighted by atomic mass is 32.2. The number of ether oxygens (including phenoxy) is 1. The van der Waals surface area contributed by atoms with Gasteiger partial charge in [-0.1, -0.05) is 61.2 Å². The first-order valence-corrected chi connectivity index (χ1v) is 15.9. The van der Waals surface area contributed by atoms with Crippen molar-refractivity contribution in [2.45, 2.75) is 76.4 Å². The van der Waals surface area contributed by atoms with E-state index < -0.39 is 28.5 Å². The van der Waals surface area contributed by atoms with Crippen molar-refractivity contribution in [1.29, 1.82) is 0 Å². The van der Waals surface area contributed by atoms with E-state index in [1.165, 1.54) is 24.1 Å². The number of rotatable bonds is 11. The number of carbonyl (C=O) groups is 2. The van der Waals surface area contributed by atoms with Gasteiger partial charge in [0.25, 0.3) is 10.0 Å². The molecule has 1 saturated carbocycles. The Morgan fingerprint density at radius 2 is 1.57 bits per heavy atom. The minimum Gasteiger partial charge on any atom is -0.497 e. The van der Waals surface area contributed by atoms with Gasteiger partial charge in [0, 0.05) is 12.6 Å². The van der Waals surface area contributed by atoms with Crippen LogP contribution in [-0.4, -0.2) is 50.9 Å². The molecule has 0 spiro atoms. The SMILES string of the molecule is COc1ccc(N(CC(=O)N(Cc2ccccc2C)[C@H](C)C(=O)NC2CCCCC2)S(=O)(=O)c2ccc(C)cc2)cc1. The Bertz CT molecular complexity index is 1470. The lowest BCUT2D eigenvalue weighted by molar-refractivity contribution is -0.139. The Balaban J connectivity index is 1.68. The van der Waals surface area contributed by atoms with Crippen LogP contribution in [0.4, 0.5) is 5.69 Å². The van der Waals surface area contributed by atoms with Gasteiger partial charge in [-0.2, -0.15) is 0 Å². The van der Waals surface area contributed by atoms with Gasteiger partial charge in [-0.15, -0.1) is 0 Å². The van der Waals surface area contributed by atoms with Gasteiger partial charge >= 0.3 is 0 Å². The first kappa shape index (κ1) is 31.1. The molecule has 0 radical (unpaired) electrons. The van der Waals surface area contributed by atoms with E-state index in [9.17, 15) is 18.0 Å². The predicted molar refractivity (Wildman–Crippen MR) is 165 cm³/mol. The summed E-state index contributed by atoms with van der Waals surface area (Å²) in [4.78, 5) is 29.2. The predicted octanol–water partition coefficient (Wildman–Crippen LogP) is 5.37. The molecule has 0 heterocycles. The molecule has 3 aromatic rings. The topological polar surface area (TPSA) is 96.0 Å². The van der Waals surface area contributed by atoms with Crippen LogP contribution in [0.15, 0.2) is 77.7 Å². The molecule has 4 rings (SSSR count). The van der Waals surface area contributed by atoms with Gasteiger partial charge < -0.3 is 15.0 Å². The minimum absolute atomic E-state index is 0.0743. The second kappa shape index (κ2) is 13.9. The molecule has 1 aliphatic carbocycles. The van der Waals surface area contributed by atoms with Gasteiger partial charge in [-0.05, 0) is 81.1 Å². The molecule has 9 heteroatoms. The number of nitrogens with zero attached hydrogens (tertiary/aromatic N) is 2. The number of sulfonamides is 1. The normalized spacial score (nSPS) is 14.6. The van der Waals surface area contributed by atoms with Crippen LogP contribution < -0.4 is 14.4 Å². The van der Waals surface area contributed by atoms with E-state index in [0.717, 1.165) is 53.1 Å². The Labute approximate surface area is 249 Å². The third-order valence-electron chi connectivity index (χ3n) is 7.97. The number of nitrogens with one attached hydrogen (secondary N) is 1. The van der Waals surface area contributed by atoms with E-state index in [4.69, 9.17) is 4.74 Å². The molecule has 0 aliphatic heterocycles. The van der Waals surface area contributed by atoms with Gasteiger partial charge in [-0.25, -0.2) is 8.42 Å². The summed E-state index contributed by atoms with van der Waals surface area (Å²) in [6, 6.07) is 20.0. The number of hydrogen-bond donors (Lipinski definition) is 1. The molecule has 0 saturated heterocycles. The van der Waals surface area contributed by atoms with Crippen molar-refractivity contribution >= 4 is 27.5 Å². The van der Waals surface area contributed by atoms with E-state index in [1.807, 2.05) is 38.1 Å². The smallest absolute Gasteiger partial charge is 0.264 e. The fourth-order valence-electron chi connectivity index (χ4n) is 5.24. The molecule has 0 bridgehead atoms. The van der Waals surface area contributed by atoms with Crippen LogP contribution in [0.25, 0.3) is 0 Å². The van der Waals surface area contributed by atoms with Crippen molar-refractivity contribution in [3.05, 3.63) is 89.5 Å². The lowest BCUT2D eigenvalue weighted by atomic mass is 9.95. The van der Waals surface area contributed by atoms with Gasteiger partial charge in [0.1, 0.15) is 18.3 Å². The molecular weight excluding hydrogens is 550 g/mol. The highest BCUT2D eigenvalue weighted by Gasteiger charge is 2.33. The maximum atomic E-state index is 14.2. The maximum Gasteiger partial charge on any atom is 0.264 e. The summed E-state index contributed by atoms with van der Waals surface area (Å²) in [5, 5.41) is 3.13. The van der Waals surface area contributed by atoms with Crippen LogP contribution in [-0.2, 0) is 26.2 Å². The summed E-state index contributed by atoms with van der Waals surface area (Å²) in [6.45, 7) is 5.24. The molecule has 1 fully saturated rings. The summed E-state index contributed by atoms with van der Waals surface area (Å²) in [5.74, 6) is -0.149. The summed E-state index contributed by atoms with van der Waals surface area (Å²) in [7, 11) is -2.59. The third-order valence-corrected chi connectivity index (χ3v) is 9.76. The maximum absolute atomic E-state index is 14.2. The monoisotopic (exact) mass is 591 g/mol. The zero-order valence-electron chi connectivity index (χ0n) is 24.9. The zero-order valence-corrected chi connectivity index (χ0v) is 25.7. The molecule has 1 atom stereocenters. The fourth-order valence-corrected chi connectivity index (χ4v) is 6.65. The molecule has 3 aromatic carbocycles. The lowest BCUT2D eigenvalue weighted by Crippen LogP contribution is -2.53. The van der Waals surface area contributed by atoms with Crippen molar-refractivity contribution in [2.24, 2.45) is 0 Å². The van der Waals surface area contributed by atoms with Crippen molar-refractivity contribution in [2.75, 3.05) is 18.0 Å². The van der Waals surface area contributed by atoms with E-state index in [1.54, 1.807) is 43.3 Å². The Morgan fingerprint density at radius 3 is 2.19 bits per heavy atom. The lowest BCUT2D eigenvalue weighted by Gasteiger charge is -2.33. The first-order chi connectivity index (χ1) is 20.1. The van der Waals surface area contributed by atoms with Crippen LogP contribution in [0.5, 0.6) is 5.75 Å². The van der Waals surface area contributed by atoms with Crippen molar-refractivity contribution in [3.8, 4) is 5.75 Å². The van der Waals surface area contributed by atoms with Crippen LogP contribution in [0.1, 0.15) is 55.7 Å². The van der Waals surface area contributed by atoms with Gasteiger partial charge in [-0.3, -0.25) is 13.9 Å². The number of amides is 2. The molecule has 224 valence electrons. The summed E-state index contributed by atoms with van der Waals surface area (Å²) >= 11 is 0. The second-order valence-corrected chi connectivity index (χ2v) is 12.9.